The molecule has 4 nitrogen and oxygen atoms in total. The highest BCUT2D eigenvalue weighted by molar-refractivity contribution is 7.19. The zero-order valence-electron chi connectivity index (χ0n) is 12.5. The first kappa shape index (κ1) is 15.1. The number of hydrogen-bond acceptors (Lipinski definition) is 4. The van der Waals surface area contributed by atoms with Gasteiger partial charge in [-0.15, -0.1) is 11.3 Å². The van der Waals surface area contributed by atoms with Crippen molar-refractivity contribution in [2.75, 3.05) is 5.73 Å². The van der Waals surface area contributed by atoms with E-state index < -0.39 is 0 Å². The number of thiophene rings is 1. The molecule has 0 fully saturated rings. The molecule has 114 valence electrons. The van der Waals surface area contributed by atoms with E-state index in [0.29, 0.717) is 11.7 Å². The summed E-state index contributed by atoms with van der Waals surface area (Å²) < 4.78 is 2.74. The lowest BCUT2D eigenvalue weighted by atomic mass is 10.1. The standard InChI is InChI=1S/C16H17ClN4S/c1-10(2)8-21-9-12(11-5-6-19-15(18)7-11)16(20-21)13-3-4-14(17)22-13/h3-7,9-10H,8H2,1-2H3,(H2,18,19). The summed E-state index contributed by atoms with van der Waals surface area (Å²) >= 11 is 7.61. The topological polar surface area (TPSA) is 56.7 Å². The molecule has 2 N–H and O–H groups in total. The quantitative estimate of drug-likeness (QED) is 0.761. The fraction of sp³-hybridized carbons (Fsp3) is 0.250. The van der Waals surface area contributed by atoms with Gasteiger partial charge in [0.25, 0.3) is 0 Å². The molecule has 0 aliphatic heterocycles. The first-order valence-corrected chi connectivity index (χ1v) is 8.27. The average molecular weight is 333 g/mol. The van der Waals surface area contributed by atoms with Gasteiger partial charge in [-0.05, 0) is 35.7 Å². The minimum absolute atomic E-state index is 0.504. The molecule has 3 aromatic heterocycles. The highest BCUT2D eigenvalue weighted by Gasteiger charge is 2.15. The Morgan fingerprint density at radius 3 is 2.77 bits per heavy atom. The summed E-state index contributed by atoms with van der Waals surface area (Å²) in [4.78, 5) is 5.11. The number of nitrogen functional groups attached to an aromatic ring is 1. The second-order valence-electron chi connectivity index (χ2n) is 5.58. The van der Waals surface area contributed by atoms with Gasteiger partial charge in [0.2, 0.25) is 0 Å². The van der Waals surface area contributed by atoms with E-state index in [1.807, 2.05) is 28.9 Å². The van der Waals surface area contributed by atoms with E-state index in [4.69, 9.17) is 22.4 Å². The van der Waals surface area contributed by atoms with Gasteiger partial charge in [-0.1, -0.05) is 25.4 Å². The highest BCUT2D eigenvalue weighted by Crippen LogP contribution is 2.37. The molecule has 0 aromatic carbocycles. The van der Waals surface area contributed by atoms with Gasteiger partial charge in [0.1, 0.15) is 11.5 Å². The molecule has 3 heterocycles. The van der Waals surface area contributed by atoms with Crippen LogP contribution in [0.1, 0.15) is 13.8 Å². The zero-order chi connectivity index (χ0) is 15.7. The van der Waals surface area contributed by atoms with Crippen LogP contribution < -0.4 is 5.73 Å². The number of nitrogens with zero attached hydrogens (tertiary/aromatic N) is 3. The molecule has 6 heteroatoms. The maximum atomic E-state index is 6.08. The Hall–Kier alpha value is -1.85. The van der Waals surface area contributed by atoms with Crippen molar-refractivity contribution in [3.05, 3.63) is 41.0 Å². The van der Waals surface area contributed by atoms with E-state index in [2.05, 4.69) is 25.0 Å². The fourth-order valence-corrected chi connectivity index (χ4v) is 3.38. The maximum Gasteiger partial charge on any atom is 0.123 e. The molecular formula is C16H17ClN4S. The minimum Gasteiger partial charge on any atom is -0.384 e. The smallest absolute Gasteiger partial charge is 0.123 e. The van der Waals surface area contributed by atoms with Gasteiger partial charge < -0.3 is 5.73 Å². The van der Waals surface area contributed by atoms with Crippen molar-refractivity contribution >= 4 is 28.8 Å². The number of anilines is 1. The van der Waals surface area contributed by atoms with E-state index in [1.54, 1.807) is 6.20 Å². The predicted octanol–water partition coefficient (Wildman–Crippen LogP) is 4.57. The highest BCUT2D eigenvalue weighted by atomic mass is 35.5. The first-order valence-electron chi connectivity index (χ1n) is 7.08. The Balaban J connectivity index is 2.12. The molecule has 0 amide bonds. The summed E-state index contributed by atoms with van der Waals surface area (Å²) in [5.74, 6) is 1.03. The second kappa shape index (κ2) is 6.10. The van der Waals surface area contributed by atoms with Crippen LogP contribution in [-0.2, 0) is 6.54 Å². The number of aromatic nitrogens is 3. The molecule has 0 radical (unpaired) electrons. The number of halogens is 1. The third-order valence-electron chi connectivity index (χ3n) is 3.21. The first-order chi connectivity index (χ1) is 10.5. The third-order valence-corrected chi connectivity index (χ3v) is 4.45. The van der Waals surface area contributed by atoms with Crippen molar-refractivity contribution in [1.82, 2.24) is 14.8 Å². The van der Waals surface area contributed by atoms with E-state index in [9.17, 15) is 0 Å². The normalized spacial score (nSPS) is 11.3. The van der Waals surface area contributed by atoms with Crippen LogP contribution >= 0.6 is 22.9 Å². The summed E-state index contributed by atoms with van der Waals surface area (Å²) in [5.41, 5.74) is 8.82. The molecular weight excluding hydrogens is 316 g/mol. The monoisotopic (exact) mass is 332 g/mol. The number of hydrogen-bond donors (Lipinski definition) is 1. The maximum absolute atomic E-state index is 6.08. The lowest BCUT2D eigenvalue weighted by Gasteiger charge is -2.03. The zero-order valence-corrected chi connectivity index (χ0v) is 14.0. The Bertz CT molecular complexity index is 791. The number of rotatable bonds is 4. The van der Waals surface area contributed by atoms with Crippen molar-refractivity contribution in [3.8, 4) is 21.7 Å². The van der Waals surface area contributed by atoms with E-state index in [0.717, 1.165) is 32.6 Å². The van der Waals surface area contributed by atoms with E-state index >= 15 is 0 Å². The third kappa shape index (κ3) is 3.15. The van der Waals surface area contributed by atoms with Crippen LogP contribution in [0.5, 0.6) is 0 Å². The van der Waals surface area contributed by atoms with Gasteiger partial charge in [-0.2, -0.15) is 5.10 Å². The number of nitrogens with two attached hydrogens (primary N) is 1. The van der Waals surface area contributed by atoms with Crippen molar-refractivity contribution in [2.24, 2.45) is 5.92 Å². The van der Waals surface area contributed by atoms with Gasteiger partial charge in [0, 0.05) is 24.5 Å². The van der Waals surface area contributed by atoms with Gasteiger partial charge in [0.05, 0.1) is 9.21 Å². The van der Waals surface area contributed by atoms with Crippen LogP contribution in [0.25, 0.3) is 21.7 Å². The average Bonchev–Trinajstić information content (AvgIpc) is 3.04. The van der Waals surface area contributed by atoms with Gasteiger partial charge in [0.15, 0.2) is 0 Å². The van der Waals surface area contributed by atoms with Gasteiger partial charge in [-0.25, -0.2) is 4.98 Å². The van der Waals surface area contributed by atoms with Crippen LogP contribution in [-0.4, -0.2) is 14.8 Å². The van der Waals surface area contributed by atoms with E-state index in [1.165, 1.54) is 11.3 Å². The molecule has 0 spiro atoms. The Morgan fingerprint density at radius 1 is 1.32 bits per heavy atom. The van der Waals surface area contributed by atoms with Crippen molar-refractivity contribution in [3.63, 3.8) is 0 Å². The number of pyridine rings is 1. The Morgan fingerprint density at radius 2 is 2.14 bits per heavy atom. The van der Waals surface area contributed by atoms with Crippen molar-refractivity contribution in [2.45, 2.75) is 20.4 Å². The summed E-state index contributed by atoms with van der Waals surface area (Å²) in [7, 11) is 0. The van der Waals surface area contributed by atoms with Crippen molar-refractivity contribution in [1.29, 1.82) is 0 Å². The lowest BCUT2D eigenvalue weighted by molar-refractivity contribution is 0.484. The van der Waals surface area contributed by atoms with Crippen molar-refractivity contribution < 1.29 is 0 Å². The molecule has 0 unspecified atom stereocenters. The fourth-order valence-electron chi connectivity index (χ4n) is 2.34. The summed E-state index contributed by atoms with van der Waals surface area (Å²) in [6.45, 7) is 5.22. The molecule has 0 aliphatic rings. The molecule has 0 saturated heterocycles. The summed E-state index contributed by atoms with van der Waals surface area (Å²) in [6.07, 6.45) is 3.79. The SMILES string of the molecule is CC(C)Cn1cc(-c2ccnc(N)c2)c(-c2ccc(Cl)s2)n1. The Kier molecular flexibility index (Phi) is 4.18. The van der Waals surface area contributed by atoms with Crippen LogP contribution in [0.15, 0.2) is 36.7 Å². The molecule has 0 atom stereocenters. The van der Waals surface area contributed by atoms with Crippen LogP contribution in [0.3, 0.4) is 0 Å². The van der Waals surface area contributed by atoms with Crippen LogP contribution in [0, 0.1) is 5.92 Å². The lowest BCUT2D eigenvalue weighted by Crippen LogP contribution is -2.04. The van der Waals surface area contributed by atoms with E-state index in [-0.39, 0.29) is 0 Å². The van der Waals surface area contributed by atoms with Gasteiger partial charge in [-0.3, -0.25) is 4.68 Å². The Labute approximate surface area is 138 Å². The molecule has 0 aliphatic carbocycles. The van der Waals surface area contributed by atoms with Crippen LogP contribution in [0.2, 0.25) is 4.34 Å². The summed E-state index contributed by atoms with van der Waals surface area (Å²) in [5, 5.41) is 4.75. The molecule has 0 bridgehead atoms. The predicted molar refractivity (Wildman–Crippen MR) is 93.0 cm³/mol. The minimum atomic E-state index is 0.504. The molecule has 3 aromatic rings. The molecule has 22 heavy (non-hydrogen) atoms. The largest absolute Gasteiger partial charge is 0.384 e. The van der Waals surface area contributed by atoms with Crippen LogP contribution in [0.4, 0.5) is 5.82 Å². The molecule has 0 saturated carbocycles. The second-order valence-corrected chi connectivity index (χ2v) is 7.30. The summed E-state index contributed by atoms with van der Waals surface area (Å²) in [6, 6.07) is 7.72. The van der Waals surface area contributed by atoms with Gasteiger partial charge >= 0.3 is 0 Å². The molecule has 3 rings (SSSR count).